The fraction of sp³-hybridized carbons (Fsp3) is 0.143. The van der Waals surface area contributed by atoms with Crippen molar-refractivity contribution < 1.29 is 5.11 Å². The summed E-state index contributed by atoms with van der Waals surface area (Å²) in [6.45, 7) is 0.385. The van der Waals surface area contributed by atoms with E-state index in [0.29, 0.717) is 6.54 Å². The Morgan fingerprint density at radius 1 is 0.875 bits per heavy atom. The van der Waals surface area contributed by atoms with Crippen molar-refractivity contribution in [2.24, 2.45) is 5.73 Å². The van der Waals surface area contributed by atoms with Crippen LogP contribution in [0.3, 0.4) is 0 Å². The molecule has 1 radical (unpaired) electrons. The fourth-order valence-electron chi connectivity index (χ4n) is 1.67. The molecule has 2 N–H and O–H groups in total. The third-order valence-electron chi connectivity index (χ3n) is 2.62. The van der Waals surface area contributed by atoms with Crippen molar-refractivity contribution in [3.63, 3.8) is 0 Å². The number of benzene rings is 2. The molecule has 81 valence electrons. The smallest absolute Gasteiger partial charge is 0.107 e. The van der Waals surface area contributed by atoms with E-state index in [-0.39, 0.29) is 6.61 Å². The van der Waals surface area contributed by atoms with Gasteiger partial charge in [-0.05, 0) is 28.3 Å². The first-order valence-electron chi connectivity index (χ1n) is 5.30. The van der Waals surface area contributed by atoms with E-state index in [0.717, 1.165) is 22.3 Å². The molecule has 2 aromatic carbocycles. The average molecular weight is 212 g/mol. The van der Waals surface area contributed by atoms with Crippen LogP contribution in [0.15, 0.2) is 48.5 Å². The molecule has 0 unspecified atom stereocenters. The van der Waals surface area contributed by atoms with E-state index in [1.165, 1.54) is 0 Å². The molecule has 0 spiro atoms. The lowest BCUT2D eigenvalue weighted by Crippen LogP contribution is -1.95. The molecule has 0 aliphatic heterocycles. The molecule has 0 aliphatic rings. The van der Waals surface area contributed by atoms with Crippen LogP contribution in [0.2, 0.25) is 0 Å². The molecule has 2 rings (SSSR count). The Kier molecular flexibility index (Phi) is 3.34. The second kappa shape index (κ2) is 4.92. The van der Waals surface area contributed by atoms with E-state index < -0.39 is 0 Å². The molecule has 0 saturated carbocycles. The summed E-state index contributed by atoms with van der Waals surface area (Å²) in [5.74, 6) is 0. The highest BCUT2D eigenvalue weighted by molar-refractivity contribution is 5.64. The van der Waals surface area contributed by atoms with Crippen LogP contribution in [-0.2, 0) is 18.3 Å². The predicted octanol–water partition coefficient (Wildman–Crippen LogP) is 2.74. The van der Waals surface area contributed by atoms with Crippen LogP contribution in [0.4, 0.5) is 0 Å². The molecule has 0 amide bonds. The van der Waals surface area contributed by atoms with Gasteiger partial charge in [-0.25, -0.2) is 5.11 Å². The molecule has 0 saturated heterocycles. The van der Waals surface area contributed by atoms with Gasteiger partial charge < -0.3 is 5.73 Å². The second-order valence-electron chi connectivity index (χ2n) is 3.75. The SMILES string of the molecule is NCc1cccc(-c2ccc(C[O])cc2)c1. The summed E-state index contributed by atoms with van der Waals surface area (Å²) in [7, 11) is 0. The number of hydrogen-bond donors (Lipinski definition) is 1. The average Bonchev–Trinajstić information content (AvgIpc) is 2.39. The van der Waals surface area contributed by atoms with Crippen molar-refractivity contribution >= 4 is 0 Å². The normalized spacial score (nSPS) is 10.4. The number of hydrogen-bond acceptors (Lipinski definition) is 1. The second-order valence-corrected chi connectivity index (χ2v) is 3.75. The molecule has 16 heavy (non-hydrogen) atoms. The number of nitrogens with two attached hydrogens (primary N) is 1. The van der Waals surface area contributed by atoms with E-state index in [9.17, 15) is 5.11 Å². The summed E-state index contributed by atoms with van der Waals surface area (Å²) in [4.78, 5) is 0. The lowest BCUT2D eigenvalue weighted by atomic mass is 10.0. The highest BCUT2D eigenvalue weighted by Gasteiger charge is 1.99. The van der Waals surface area contributed by atoms with Gasteiger partial charge in [0.2, 0.25) is 0 Å². The zero-order valence-corrected chi connectivity index (χ0v) is 9.02. The van der Waals surface area contributed by atoms with Crippen LogP contribution in [-0.4, -0.2) is 0 Å². The van der Waals surface area contributed by atoms with E-state index in [4.69, 9.17) is 5.73 Å². The summed E-state index contributed by atoms with van der Waals surface area (Å²) in [6.07, 6.45) is 0. The van der Waals surface area contributed by atoms with Crippen LogP contribution >= 0.6 is 0 Å². The monoisotopic (exact) mass is 212 g/mol. The van der Waals surface area contributed by atoms with Crippen LogP contribution < -0.4 is 5.73 Å². The Morgan fingerprint density at radius 3 is 2.25 bits per heavy atom. The van der Waals surface area contributed by atoms with E-state index in [1.807, 2.05) is 42.5 Å². The molecule has 0 aromatic heterocycles. The molecule has 0 heterocycles. The zero-order valence-electron chi connectivity index (χ0n) is 9.02. The Morgan fingerprint density at radius 2 is 1.62 bits per heavy atom. The van der Waals surface area contributed by atoms with E-state index >= 15 is 0 Å². The molecule has 2 aromatic rings. The molecule has 0 atom stereocenters. The van der Waals surface area contributed by atoms with Crippen molar-refractivity contribution in [2.45, 2.75) is 13.2 Å². The van der Waals surface area contributed by atoms with Gasteiger partial charge in [0.25, 0.3) is 0 Å². The summed E-state index contributed by atoms with van der Waals surface area (Å²) in [5.41, 5.74) is 9.79. The van der Waals surface area contributed by atoms with E-state index in [2.05, 4.69) is 6.07 Å². The Balaban J connectivity index is 2.34. The molecule has 2 heteroatoms. The lowest BCUT2D eigenvalue weighted by molar-refractivity contribution is 0.177. The van der Waals surface area contributed by atoms with Crippen molar-refractivity contribution in [3.05, 3.63) is 59.7 Å². The first kappa shape index (κ1) is 10.9. The topological polar surface area (TPSA) is 45.9 Å². The van der Waals surface area contributed by atoms with Crippen molar-refractivity contribution in [1.29, 1.82) is 0 Å². The first-order chi connectivity index (χ1) is 7.83. The first-order valence-corrected chi connectivity index (χ1v) is 5.30. The summed E-state index contributed by atoms with van der Waals surface area (Å²) in [6, 6.07) is 15.8. The maximum Gasteiger partial charge on any atom is 0.107 e. The standard InChI is InChI=1S/C14H14NO/c15-9-12-2-1-3-14(8-12)13-6-4-11(10-16)5-7-13/h1-8H,9-10,15H2. The van der Waals surface area contributed by atoms with Gasteiger partial charge in [-0.2, -0.15) is 0 Å². The minimum Gasteiger partial charge on any atom is -0.326 e. The van der Waals surface area contributed by atoms with Gasteiger partial charge in [-0.3, -0.25) is 0 Å². The molecule has 0 fully saturated rings. The minimum atomic E-state index is -0.164. The maximum atomic E-state index is 10.7. The van der Waals surface area contributed by atoms with Crippen molar-refractivity contribution in [1.82, 2.24) is 0 Å². The van der Waals surface area contributed by atoms with Gasteiger partial charge in [-0.15, -0.1) is 0 Å². The molecular formula is C14H14NO. The van der Waals surface area contributed by atoms with Crippen molar-refractivity contribution in [2.75, 3.05) is 0 Å². The Labute approximate surface area is 95.4 Å². The van der Waals surface area contributed by atoms with Crippen LogP contribution in [0.25, 0.3) is 11.1 Å². The van der Waals surface area contributed by atoms with E-state index in [1.54, 1.807) is 0 Å². The maximum absolute atomic E-state index is 10.7. The predicted molar refractivity (Wildman–Crippen MR) is 64.2 cm³/mol. The minimum absolute atomic E-state index is 0.164. The highest BCUT2D eigenvalue weighted by atomic mass is 16.3. The quantitative estimate of drug-likeness (QED) is 0.835. The molecule has 0 bridgehead atoms. The summed E-state index contributed by atoms with van der Waals surface area (Å²) in [5, 5.41) is 10.7. The van der Waals surface area contributed by atoms with Crippen LogP contribution in [0, 0.1) is 0 Å². The fourth-order valence-corrected chi connectivity index (χ4v) is 1.67. The van der Waals surface area contributed by atoms with Crippen LogP contribution in [0.5, 0.6) is 0 Å². The molecule has 0 aliphatic carbocycles. The Hall–Kier alpha value is -1.64. The van der Waals surface area contributed by atoms with Gasteiger partial charge in [0.15, 0.2) is 0 Å². The van der Waals surface area contributed by atoms with Gasteiger partial charge in [-0.1, -0.05) is 42.5 Å². The molecular weight excluding hydrogens is 198 g/mol. The van der Waals surface area contributed by atoms with Crippen molar-refractivity contribution in [3.8, 4) is 11.1 Å². The Bertz CT molecular complexity index is 462. The third-order valence-corrected chi connectivity index (χ3v) is 2.62. The van der Waals surface area contributed by atoms with Gasteiger partial charge in [0, 0.05) is 6.54 Å². The highest BCUT2D eigenvalue weighted by Crippen LogP contribution is 2.20. The summed E-state index contributed by atoms with van der Waals surface area (Å²) >= 11 is 0. The molecule has 2 nitrogen and oxygen atoms in total. The lowest BCUT2D eigenvalue weighted by Gasteiger charge is -2.04. The third kappa shape index (κ3) is 2.30. The largest absolute Gasteiger partial charge is 0.326 e. The summed E-state index contributed by atoms with van der Waals surface area (Å²) < 4.78 is 0. The number of rotatable bonds is 3. The van der Waals surface area contributed by atoms with Gasteiger partial charge >= 0.3 is 0 Å². The zero-order chi connectivity index (χ0) is 11.4. The van der Waals surface area contributed by atoms with Crippen LogP contribution in [0.1, 0.15) is 11.1 Å². The van der Waals surface area contributed by atoms with Gasteiger partial charge in [0.05, 0.1) is 0 Å². The van der Waals surface area contributed by atoms with Gasteiger partial charge in [0.1, 0.15) is 6.61 Å².